The zero-order valence-electron chi connectivity index (χ0n) is 19.4. The van der Waals surface area contributed by atoms with Crippen molar-refractivity contribution in [2.45, 2.75) is 20.5 Å². The highest BCUT2D eigenvalue weighted by Gasteiger charge is 2.19. The van der Waals surface area contributed by atoms with Gasteiger partial charge in [-0.2, -0.15) is 0 Å². The molecule has 1 aliphatic rings. The Kier molecular flexibility index (Phi) is 7.32. The summed E-state index contributed by atoms with van der Waals surface area (Å²) in [5.74, 6) is 1.32. The molecule has 0 saturated carbocycles. The van der Waals surface area contributed by atoms with E-state index in [1.807, 2.05) is 38.1 Å². The van der Waals surface area contributed by atoms with Gasteiger partial charge in [0.2, 0.25) is 5.91 Å². The fraction of sp³-hybridized carbons (Fsp3) is 0.259. The first-order chi connectivity index (χ1) is 16.5. The van der Waals surface area contributed by atoms with Gasteiger partial charge in [0.25, 0.3) is 5.91 Å². The number of likely N-dealkylation sites (N-methyl/N-ethyl adjacent to an activating group) is 1. The third-order valence-corrected chi connectivity index (χ3v) is 5.40. The van der Waals surface area contributed by atoms with Gasteiger partial charge in [0.1, 0.15) is 32.1 Å². The maximum absolute atomic E-state index is 13.1. The Morgan fingerprint density at radius 2 is 1.76 bits per heavy atom. The highest BCUT2D eigenvalue weighted by molar-refractivity contribution is 5.99. The Hall–Kier alpha value is -4.00. The van der Waals surface area contributed by atoms with Gasteiger partial charge in [-0.15, -0.1) is 0 Å². The number of carbonyl (C=O) groups is 2. The summed E-state index contributed by atoms with van der Waals surface area (Å²) in [4.78, 5) is 27.2. The molecule has 0 saturated heterocycles. The SMILES string of the molecule is CCN(CC(=O)Nc1ccc2c(c1)OCCO2)C(=O)c1cccc(OCc2cccc(C)c2)c1. The minimum Gasteiger partial charge on any atom is -0.489 e. The standard InChI is InChI=1S/C27H28N2O5/c1-3-29(17-26(30)28-22-10-11-24-25(16-22)33-13-12-32-24)27(31)21-8-5-9-23(15-21)34-18-20-7-4-6-19(2)14-20/h4-11,14-16H,3,12-13,17-18H2,1-2H3,(H,28,30). The van der Waals surface area contributed by atoms with Crippen molar-refractivity contribution in [2.75, 3.05) is 31.6 Å². The number of amides is 2. The van der Waals surface area contributed by atoms with E-state index in [0.717, 1.165) is 11.1 Å². The molecule has 34 heavy (non-hydrogen) atoms. The van der Waals surface area contributed by atoms with E-state index in [9.17, 15) is 9.59 Å². The maximum atomic E-state index is 13.1. The second-order valence-electron chi connectivity index (χ2n) is 8.03. The lowest BCUT2D eigenvalue weighted by Gasteiger charge is -2.22. The van der Waals surface area contributed by atoms with Gasteiger partial charge < -0.3 is 24.4 Å². The lowest BCUT2D eigenvalue weighted by atomic mass is 10.1. The summed E-state index contributed by atoms with van der Waals surface area (Å²) in [5, 5.41) is 2.82. The number of fused-ring (bicyclic) bond motifs is 1. The topological polar surface area (TPSA) is 77.1 Å². The summed E-state index contributed by atoms with van der Waals surface area (Å²) in [5.41, 5.74) is 3.28. The van der Waals surface area contributed by atoms with Crippen molar-refractivity contribution in [3.8, 4) is 17.2 Å². The summed E-state index contributed by atoms with van der Waals surface area (Å²) in [6.07, 6.45) is 0. The smallest absolute Gasteiger partial charge is 0.254 e. The van der Waals surface area contributed by atoms with Gasteiger partial charge in [-0.1, -0.05) is 35.9 Å². The second kappa shape index (κ2) is 10.7. The largest absolute Gasteiger partial charge is 0.489 e. The molecule has 0 unspecified atom stereocenters. The molecule has 0 aliphatic carbocycles. The molecule has 0 spiro atoms. The van der Waals surface area contributed by atoms with Crippen LogP contribution in [0.25, 0.3) is 0 Å². The van der Waals surface area contributed by atoms with E-state index in [1.165, 1.54) is 4.90 Å². The van der Waals surface area contributed by atoms with Crippen LogP contribution in [0.2, 0.25) is 0 Å². The number of nitrogens with one attached hydrogen (secondary N) is 1. The highest BCUT2D eigenvalue weighted by atomic mass is 16.6. The first-order valence-corrected chi connectivity index (χ1v) is 11.3. The summed E-state index contributed by atoms with van der Waals surface area (Å²) in [6, 6.07) is 20.3. The molecule has 1 aliphatic heterocycles. The van der Waals surface area contributed by atoms with Crippen LogP contribution in [-0.2, 0) is 11.4 Å². The van der Waals surface area contributed by atoms with Crippen molar-refractivity contribution in [3.05, 3.63) is 83.4 Å². The van der Waals surface area contributed by atoms with Crippen molar-refractivity contribution < 1.29 is 23.8 Å². The number of hydrogen-bond acceptors (Lipinski definition) is 5. The summed E-state index contributed by atoms with van der Waals surface area (Å²) >= 11 is 0. The first kappa shape index (κ1) is 23.2. The van der Waals surface area contributed by atoms with Crippen molar-refractivity contribution in [1.82, 2.24) is 4.90 Å². The summed E-state index contributed by atoms with van der Waals surface area (Å²) < 4.78 is 16.9. The number of rotatable bonds is 8. The molecule has 2 amide bonds. The van der Waals surface area contributed by atoms with Crippen LogP contribution >= 0.6 is 0 Å². The fourth-order valence-electron chi connectivity index (χ4n) is 3.69. The minimum absolute atomic E-state index is 0.0713. The molecule has 4 rings (SSSR count). The van der Waals surface area contributed by atoms with Crippen molar-refractivity contribution in [2.24, 2.45) is 0 Å². The number of benzene rings is 3. The Bertz CT molecular complexity index is 1180. The molecule has 1 heterocycles. The van der Waals surface area contributed by atoms with Gasteiger partial charge in [0.15, 0.2) is 11.5 Å². The Morgan fingerprint density at radius 3 is 2.56 bits per heavy atom. The van der Waals surface area contributed by atoms with E-state index in [1.54, 1.807) is 36.4 Å². The average molecular weight is 461 g/mol. The molecule has 7 nitrogen and oxygen atoms in total. The number of ether oxygens (including phenoxy) is 3. The van der Waals surface area contributed by atoms with Gasteiger partial charge in [-0.05, 0) is 49.7 Å². The fourth-order valence-corrected chi connectivity index (χ4v) is 3.69. The third-order valence-electron chi connectivity index (χ3n) is 5.40. The van der Waals surface area contributed by atoms with Crippen LogP contribution in [0.4, 0.5) is 5.69 Å². The monoisotopic (exact) mass is 460 g/mol. The third kappa shape index (κ3) is 5.86. The zero-order valence-corrected chi connectivity index (χ0v) is 19.4. The van der Waals surface area contributed by atoms with Crippen LogP contribution in [0, 0.1) is 6.92 Å². The van der Waals surface area contributed by atoms with Crippen molar-refractivity contribution >= 4 is 17.5 Å². The number of hydrogen-bond donors (Lipinski definition) is 1. The van der Waals surface area contributed by atoms with Crippen LogP contribution in [-0.4, -0.2) is 43.0 Å². The predicted molar refractivity (Wildman–Crippen MR) is 130 cm³/mol. The first-order valence-electron chi connectivity index (χ1n) is 11.3. The van der Waals surface area contributed by atoms with Gasteiger partial charge in [-0.3, -0.25) is 9.59 Å². The lowest BCUT2D eigenvalue weighted by molar-refractivity contribution is -0.116. The Labute approximate surface area is 199 Å². The van der Waals surface area contributed by atoms with E-state index in [2.05, 4.69) is 11.4 Å². The number of carbonyl (C=O) groups excluding carboxylic acids is 2. The lowest BCUT2D eigenvalue weighted by Crippen LogP contribution is -2.37. The minimum atomic E-state index is -0.293. The molecule has 0 atom stereocenters. The number of aryl methyl sites for hydroxylation is 1. The van der Waals surface area contributed by atoms with Gasteiger partial charge in [0.05, 0.1) is 0 Å². The Morgan fingerprint density at radius 1 is 0.971 bits per heavy atom. The second-order valence-corrected chi connectivity index (χ2v) is 8.03. The normalized spacial score (nSPS) is 12.1. The molecule has 176 valence electrons. The predicted octanol–water partition coefficient (Wildman–Crippen LogP) is 4.45. The molecule has 0 fully saturated rings. The molecule has 0 aromatic heterocycles. The molecule has 7 heteroatoms. The quantitative estimate of drug-likeness (QED) is 0.538. The number of nitrogens with zero attached hydrogens (tertiary/aromatic N) is 1. The van der Waals surface area contributed by atoms with E-state index in [4.69, 9.17) is 14.2 Å². The molecule has 0 bridgehead atoms. The van der Waals surface area contributed by atoms with Crippen molar-refractivity contribution in [3.63, 3.8) is 0 Å². The van der Waals surface area contributed by atoms with Crippen LogP contribution in [0.3, 0.4) is 0 Å². The average Bonchev–Trinajstić information content (AvgIpc) is 2.86. The molecule has 3 aromatic carbocycles. The molecule has 0 radical (unpaired) electrons. The van der Waals surface area contributed by atoms with Gasteiger partial charge in [0, 0.05) is 23.9 Å². The van der Waals surface area contributed by atoms with Gasteiger partial charge in [-0.25, -0.2) is 0 Å². The highest BCUT2D eigenvalue weighted by Crippen LogP contribution is 2.32. The number of anilines is 1. The molecular weight excluding hydrogens is 432 g/mol. The van der Waals surface area contributed by atoms with Crippen LogP contribution in [0.5, 0.6) is 17.2 Å². The van der Waals surface area contributed by atoms with E-state index in [0.29, 0.717) is 54.9 Å². The summed E-state index contributed by atoms with van der Waals surface area (Å²) in [7, 11) is 0. The summed E-state index contributed by atoms with van der Waals surface area (Å²) in [6.45, 7) is 5.58. The van der Waals surface area contributed by atoms with Crippen LogP contribution in [0.15, 0.2) is 66.7 Å². The molecular formula is C27H28N2O5. The van der Waals surface area contributed by atoms with E-state index >= 15 is 0 Å². The van der Waals surface area contributed by atoms with Gasteiger partial charge >= 0.3 is 0 Å². The Balaban J connectivity index is 1.37. The van der Waals surface area contributed by atoms with E-state index in [-0.39, 0.29) is 18.4 Å². The van der Waals surface area contributed by atoms with Crippen LogP contribution in [0.1, 0.15) is 28.4 Å². The van der Waals surface area contributed by atoms with Crippen molar-refractivity contribution in [1.29, 1.82) is 0 Å². The molecule has 1 N–H and O–H groups in total. The zero-order chi connectivity index (χ0) is 23.9. The van der Waals surface area contributed by atoms with Crippen LogP contribution < -0.4 is 19.5 Å². The van der Waals surface area contributed by atoms with E-state index < -0.39 is 0 Å². The molecule has 3 aromatic rings. The maximum Gasteiger partial charge on any atom is 0.254 e.